The van der Waals surface area contributed by atoms with Crippen molar-refractivity contribution < 1.29 is 9.00 Å². The predicted molar refractivity (Wildman–Crippen MR) is 85.4 cm³/mol. The van der Waals surface area contributed by atoms with Crippen LogP contribution in [-0.4, -0.2) is 15.9 Å². The van der Waals surface area contributed by atoms with Crippen molar-refractivity contribution >= 4 is 22.4 Å². The van der Waals surface area contributed by atoms with E-state index in [2.05, 4.69) is 5.32 Å². The van der Waals surface area contributed by atoms with Crippen molar-refractivity contribution in [3.8, 4) is 0 Å². The normalized spacial score (nSPS) is 11.9. The first kappa shape index (κ1) is 15.4. The van der Waals surface area contributed by atoms with Crippen LogP contribution in [0.5, 0.6) is 0 Å². The Morgan fingerprint density at radius 1 is 1.19 bits per heavy atom. The van der Waals surface area contributed by atoms with Gasteiger partial charge in [0.15, 0.2) is 0 Å². The molecule has 5 heteroatoms. The van der Waals surface area contributed by atoms with Gasteiger partial charge in [-0.25, -0.2) is 0 Å². The van der Waals surface area contributed by atoms with Gasteiger partial charge >= 0.3 is 0 Å². The van der Waals surface area contributed by atoms with E-state index in [-0.39, 0.29) is 11.7 Å². The molecule has 0 bridgehead atoms. The van der Waals surface area contributed by atoms with Gasteiger partial charge in [-0.1, -0.05) is 24.3 Å². The fraction of sp³-hybridized carbons (Fsp3) is 0.188. The topological polar surface area (TPSA) is 72.2 Å². The lowest BCUT2D eigenvalue weighted by atomic mass is 10.2. The molecule has 3 N–H and O–H groups in total. The number of nitrogens with one attached hydrogen (secondary N) is 1. The van der Waals surface area contributed by atoms with E-state index in [4.69, 9.17) is 5.73 Å². The summed E-state index contributed by atoms with van der Waals surface area (Å²) >= 11 is 0. The number of hydrogen-bond donors (Lipinski definition) is 2. The molecule has 2 aromatic rings. The molecule has 0 saturated carbocycles. The number of anilines is 1. The van der Waals surface area contributed by atoms with Gasteiger partial charge in [0.25, 0.3) is 0 Å². The summed E-state index contributed by atoms with van der Waals surface area (Å²) in [5.74, 6) is -0.322. The van der Waals surface area contributed by atoms with E-state index in [1.807, 2.05) is 37.3 Å². The quantitative estimate of drug-likeness (QED) is 0.889. The number of carbonyl (C=O) groups is 1. The molecule has 0 aromatic heterocycles. The fourth-order valence-electron chi connectivity index (χ4n) is 1.88. The van der Waals surface area contributed by atoms with Crippen molar-refractivity contribution in [1.29, 1.82) is 0 Å². The Balaban J connectivity index is 1.96. The third-order valence-corrected chi connectivity index (χ3v) is 4.29. The van der Waals surface area contributed by atoms with E-state index < -0.39 is 10.8 Å². The van der Waals surface area contributed by atoms with Crippen molar-refractivity contribution in [2.75, 3.05) is 11.1 Å². The molecule has 0 spiro atoms. The molecule has 2 rings (SSSR count). The summed E-state index contributed by atoms with van der Waals surface area (Å²) < 4.78 is 12.1. The van der Waals surface area contributed by atoms with Crippen molar-refractivity contribution in [3.63, 3.8) is 0 Å². The summed E-state index contributed by atoms with van der Waals surface area (Å²) in [5, 5.41) is 2.74. The Hall–Kier alpha value is -1.98. The van der Waals surface area contributed by atoms with E-state index in [0.29, 0.717) is 17.1 Å². The van der Waals surface area contributed by atoms with Gasteiger partial charge in [-0.15, -0.1) is 0 Å². The predicted octanol–water partition coefficient (Wildman–Crippen LogP) is 2.20. The van der Waals surface area contributed by atoms with Crippen molar-refractivity contribution in [2.45, 2.75) is 18.4 Å². The van der Waals surface area contributed by atoms with Gasteiger partial charge in [-0.05, 0) is 42.3 Å². The number of nitrogens with two attached hydrogens (primary N) is 1. The van der Waals surface area contributed by atoms with Gasteiger partial charge in [0.05, 0.1) is 10.8 Å². The molecule has 21 heavy (non-hydrogen) atoms. The average Bonchev–Trinajstić information content (AvgIpc) is 2.48. The molecule has 0 radical (unpaired) electrons. The molecule has 1 unspecified atom stereocenters. The summed E-state index contributed by atoms with van der Waals surface area (Å²) in [7, 11) is -1.34. The zero-order valence-electron chi connectivity index (χ0n) is 11.8. The number of benzene rings is 2. The van der Waals surface area contributed by atoms with E-state index in [1.165, 1.54) is 0 Å². The highest BCUT2D eigenvalue weighted by molar-refractivity contribution is 7.85. The number of aryl methyl sites for hydroxylation is 1. The Labute approximate surface area is 126 Å². The monoisotopic (exact) mass is 302 g/mol. The van der Waals surface area contributed by atoms with Crippen LogP contribution in [-0.2, 0) is 22.1 Å². The van der Waals surface area contributed by atoms with Crippen LogP contribution in [0.2, 0.25) is 0 Å². The van der Waals surface area contributed by atoms with Crippen LogP contribution in [0.1, 0.15) is 11.1 Å². The lowest BCUT2D eigenvalue weighted by molar-refractivity contribution is -0.113. The van der Waals surface area contributed by atoms with E-state index in [9.17, 15) is 9.00 Å². The van der Waals surface area contributed by atoms with E-state index in [0.717, 1.165) is 11.1 Å². The molecule has 0 aliphatic heterocycles. The third-order valence-electron chi connectivity index (χ3n) is 2.99. The zero-order valence-corrected chi connectivity index (χ0v) is 12.7. The van der Waals surface area contributed by atoms with Crippen LogP contribution in [0.3, 0.4) is 0 Å². The number of hydrogen-bond acceptors (Lipinski definition) is 3. The number of amides is 1. The summed E-state index contributed by atoms with van der Waals surface area (Å²) in [6, 6.07) is 14.7. The molecule has 4 nitrogen and oxygen atoms in total. The van der Waals surface area contributed by atoms with Gasteiger partial charge in [-0.2, -0.15) is 0 Å². The van der Waals surface area contributed by atoms with Crippen LogP contribution in [0.25, 0.3) is 0 Å². The minimum atomic E-state index is -1.34. The largest absolute Gasteiger partial charge is 0.326 e. The molecule has 2 aromatic carbocycles. The van der Waals surface area contributed by atoms with E-state index >= 15 is 0 Å². The van der Waals surface area contributed by atoms with Gasteiger partial charge in [0.1, 0.15) is 5.75 Å². The molecule has 0 aliphatic rings. The number of rotatable bonds is 5. The standard InChI is InChI=1S/C16H18N2O2S/c1-12-3-2-4-15(9-12)21(20)11-16(19)18-14-7-5-13(10-17)6-8-14/h2-9H,10-11,17H2,1H3,(H,18,19). The molecule has 1 amide bonds. The van der Waals surface area contributed by atoms with Gasteiger partial charge < -0.3 is 11.1 Å². The summed E-state index contributed by atoms with van der Waals surface area (Å²) in [6.07, 6.45) is 0. The molecule has 0 heterocycles. The lowest BCUT2D eigenvalue weighted by Gasteiger charge is -2.06. The second-order valence-electron chi connectivity index (χ2n) is 4.76. The minimum absolute atomic E-state index is 0.0535. The first-order valence-electron chi connectivity index (χ1n) is 6.62. The molecule has 0 aliphatic carbocycles. The van der Waals surface area contributed by atoms with Gasteiger partial charge in [-0.3, -0.25) is 9.00 Å². The van der Waals surface area contributed by atoms with Crippen molar-refractivity contribution in [1.82, 2.24) is 0 Å². The van der Waals surface area contributed by atoms with Crippen LogP contribution in [0, 0.1) is 6.92 Å². The highest BCUT2D eigenvalue weighted by atomic mass is 32.2. The Morgan fingerprint density at radius 2 is 1.90 bits per heavy atom. The second-order valence-corrected chi connectivity index (χ2v) is 6.21. The maximum absolute atomic E-state index is 12.1. The smallest absolute Gasteiger partial charge is 0.237 e. The van der Waals surface area contributed by atoms with Crippen LogP contribution in [0.15, 0.2) is 53.4 Å². The van der Waals surface area contributed by atoms with Crippen molar-refractivity contribution in [2.24, 2.45) is 5.73 Å². The maximum atomic E-state index is 12.1. The zero-order chi connectivity index (χ0) is 15.2. The van der Waals surface area contributed by atoms with Crippen molar-refractivity contribution in [3.05, 3.63) is 59.7 Å². The Kier molecular flexibility index (Phi) is 5.25. The SMILES string of the molecule is Cc1cccc(S(=O)CC(=O)Nc2ccc(CN)cc2)c1. The first-order chi connectivity index (χ1) is 10.1. The minimum Gasteiger partial charge on any atom is -0.326 e. The molecule has 0 saturated heterocycles. The summed E-state index contributed by atoms with van der Waals surface area (Å²) in [6.45, 7) is 2.39. The highest BCUT2D eigenvalue weighted by Crippen LogP contribution is 2.11. The molecule has 1 atom stereocenters. The summed E-state index contributed by atoms with van der Waals surface area (Å²) in [5.41, 5.74) is 8.22. The second kappa shape index (κ2) is 7.15. The fourth-order valence-corrected chi connectivity index (χ4v) is 2.91. The molecular formula is C16H18N2O2S. The summed E-state index contributed by atoms with van der Waals surface area (Å²) in [4.78, 5) is 12.6. The molecule has 0 fully saturated rings. The lowest BCUT2D eigenvalue weighted by Crippen LogP contribution is -2.19. The van der Waals surface area contributed by atoms with Crippen LogP contribution < -0.4 is 11.1 Å². The molecular weight excluding hydrogens is 284 g/mol. The highest BCUT2D eigenvalue weighted by Gasteiger charge is 2.10. The Bertz CT molecular complexity index is 654. The Morgan fingerprint density at radius 3 is 2.52 bits per heavy atom. The van der Waals surface area contributed by atoms with E-state index in [1.54, 1.807) is 18.2 Å². The van der Waals surface area contributed by atoms with Crippen LogP contribution >= 0.6 is 0 Å². The first-order valence-corrected chi connectivity index (χ1v) is 7.94. The van der Waals surface area contributed by atoms with Gasteiger partial charge in [0, 0.05) is 17.1 Å². The van der Waals surface area contributed by atoms with Crippen LogP contribution in [0.4, 0.5) is 5.69 Å². The maximum Gasteiger partial charge on any atom is 0.237 e. The third kappa shape index (κ3) is 4.51. The molecule has 110 valence electrons. The number of carbonyl (C=O) groups excluding carboxylic acids is 1. The average molecular weight is 302 g/mol. The van der Waals surface area contributed by atoms with Gasteiger partial charge in [0.2, 0.25) is 5.91 Å².